The van der Waals surface area contributed by atoms with E-state index in [1.807, 2.05) is 37.3 Å². The maximum atomic E-state index is 12.6. The van der Waals surface area contributed by atoms with Gasteiger partial charge in [-0.25, -0.2) is 9.78 Å². The van der Waals surface area contributed by atoms with Crippen LogP contribution in [-0.2, 0) is 4.74 Å². The van der Waals surface area contributed by atoms with E-state index in [0.717, 1.165) is 5.56 Å². The first kappa shape index (κ1) is 19.4. The Balaban J connectivity index is 1.40. The predicted molar refractivity (Wildman–Crippen MR) is 113 cm³/mol. The Kier molecular flexibility index (Phi) is 5.61. The smallest absolute Gasteiger partial charge is 0.414 e. The van der Waals surface area contributed by atoms with Crippen LogP contribution < -0.4 is 15.0 Å². The van der Waals surface area contributed by atoms with Crippen molar-refractivity contribution >= 4 is 23.4 Å². The summed E-state index contributed by atoms with van der Waals surface area (Å²) in [6.45, 7) is 2.79. The number of benzene rings is 2. The highest BCUT2D eigenvalue weighted by atomic mass is 16.6. The molecule has 4 rings (SSSR count). The van der Waals surface area contributed by atoms with Crippen LogP contribution in [-0.4, -0.2) is 30.1 Å². The van der Waals surface area contributed by atoms with Gasteiger partial charge in [-0.3, -0.25) is 9.69 Å². The molecule has 2 amide bonds. The maximum absolute atomic E-state index is 12.6. The molecule has 1 aliphatic heterocycles. The Bertz CT molecular complexity index is 1040. The molecule has 1 fully saturated rings. The number of amides is 2. The molecule has 0 saturated carbocycles. The fourth-order valence-corrected chi connectivity index (χ4v) is 3.14. The van der Waals surface area contributed by atoms with Crippen molar-refractivity contribution in [2.45, 2.75) is 13.0 Å². The minimum absolute atomic E-state index is 0.154. The van der Waals surface area contributed by atoms with Crippen LogP contribution in [0.25, 0.3) is 0 Å². The molecule has 3 aromatic rings. The molecule has 0 radical (unpaired) electrons. The van der Waals surface area contributed by atoms with Crippen molar-refractivity contribution in [2.24, 2.45) is 0 Å². The van der Waals surface area contributed by atoms with E-state index in [1.54, 1.807) is 36.4 Å². The quantitative estimate of drug-likeness (QED) is 0.659. The Hall–Kier alpha value is -3.87. The maximum Gasteiger partial charge on any atom is 0.414 e. The lowest BCUT2D eigenvalue weighted by atomic mass is 10.1. The predicted octanol–water partition coefficient (Wildman–Crippen LogP) is 4.43. The van der Waals surface area contributed by atoms with Gasteiger partial charge in [0.15, 0.2) is 0 Å². The number of anilines is 2. The molecule has 0 bridgehead atoms. The number of pyridine rings is 1. The summed E-state index contributed by atoms with van der Waals surface area (Å²) in [7, 11) is 0. The highest BCUT2D eigenvalue weighted by Crippen LogP contribution is 2.23. The summed E-state index contributed by atoms with van der Waals surface area (Å²) in [6, 6.07) is 20.2. The Morgan fingerprint density at radius 1 is 1.13 bits per heavy atom. The second-order valence-electron chi connectivity index (χ2n) is 6.83. The third-order valence-electron chi connectivity index (χ3n) is 4.74. The summed E-state index contributed by atoms with van der Waals surface area (Å²) in [6.07, 6.45) is 0.936. The van der Waals surface area contributed by atoms with Gasteiger partial charge in [0.25, 0.3) is 5.91 Å². The molecule has 1 N–H and O–H groups in total. The zero-order valence-electron chi connectivity index (χ0n) is 16.4. The van der Waals surface area contributed by atoms with Crippen molar-refractivity contribution in [3.05, 3.63) is 84.1 Å². The lowest BCUT2D eigenvalue weighted by Crippen LogP contribution is -2.23. The second kappa shape index (κ2) is 8.65. The van der Waals surface area contributed by atoms with Gasteiger partial charge in [-0.05, 0) is 36.8 Å². The fraction of sp³-hybridized carbons (Fsp3) is 0.174. The number of ether oxygens (including phenoxy) is 2. The van der Waals surface area contributed by atoms with Crippen LogP contribution in [0.15, 0.2) is 72.9 Å². The number of cyclic esters (lactones) is 1. The first-order valence-electron chi connectivity index (χ1n) is 9.63. The molecule has 1 aliphatic rings. The van der Waals surface area contributed by atoms with Crippen LogP contribution in [0.3, 0.4) is 0 Å². The first-order valence-corrected chi connectivity index (χ1v) is 9.63. The summed E-state index contributed by atoms with van der Waals surface area (Å²) in [5.41, 5.74) is 2.70. The molecule has 0 unspecified atom stereocenters. The lowest BCUT2D eigenvalue weighted by molar-refractivity contribution is 0.102. The highest BCUT2D eigenvalue weighted by molar-refractivity contribution is 6.04. The molecule has 1 atom stereocenters. The summed E-state index contributed by atoms with van der Waals surface area (Å²) >= 11 is 0. The van der Waals surface area contributed by atoms with Gasteiger partial charge >= 0.3 is 6.09 Å². The van der Waals surface area contributed by atoms with Gasteiger partial charge in [0, 0.05) is 23.6 Å². The summed E-state index contributed by atoms with van der Waals surface area (Å²) in [5, 5.41) is 2.82. The molecule has 1 aromatic heterocycles. The van der Waals surface area contributed by atoms with E-state index in [9.17, 15) is 9.59 Å². The standard InChI is InChI=1S/C23H21N3O4/c1-16(17-6-3-2-4-7-17)30-21-11-10-18(15-24-21)22(27)25-19-8-5-9-20(14-19)26-12-13-29-23(26)28/h2-11,14-16H,12-13H2,1H3,(H,25,27)/t16-/m1/s1. The number of aromatic nitrogens is 1. The van der Waals surface area contributed by atoms with Crippen molar-refractivity contribution in [1.82, 2.24) is 4.98 Å². The molecule has 2 aromatic carbocycles. The summed E-state index contributed by atoms with van der Waals surface area (Å²) in [5.74, 6) is 0.142. The SMILES string of the molecule is C[C@@H](Oc1ccc(C(=O)Nc2cccc(N3CCOC3=O)c2)cn1)c1ccccc1. The van der Waals surface area contributed by atoms with E-state index in [4.69, 9.17) is 9.47 Å². The zero-order chi connectivity index (χ0) is 20.9. The molecule has 1 saturated heterocycles. The molecule has 152 valence electrons. The molecule has 30 heavy (non-hydrogen) atoms. The van der Waals surface area contributed by atoms with Gasteiger partial charge in [0.1, 0.15) is 12.7 Å². The van der Waals surface area contributed by atoms with E-state index < -0.39 is 0 Å². The normalized spacial score (nSPS) is 14.2. The molecule has 0 spiro atoms. The Morgan fingerprint density at radius 3 is 2.67 bits per heavy atom. The van der Waals surface area contributed by atoms with Crippen molar-refractivity contribution in [3.63, 3.8) is 0 Å². The molecule has 0 aliphatic carbocycles. The van der Waals surface area contributed by atoms with E-state index in [0.29, 0.717) is 36.0 Å². The number of carbonyl (C=O) groups is 2. The van der Waals surface area contributed by atoms with Gasteiger partial charge in [0.05, 0.1) is 12.1 Å². The van der Waals surface area contributed by atoms with Gasteiger partial charge in [-0.1, -0.05) is 36.4 Å². The van der Waals surface area contributed by atoms with Crippen molar-refractivity contribution < 1.29 is 19.1 Å². The van der Waals surface area contributed by atoms with Gasteiger partial charge in [0.2, 0.25) is 5.88 Å². The molecule has 7 heteroatoms. The van der Waals surface area contributed by atoms with E-state index in [2.05, 4.69) is 10.3 Å². The second-order valence-corrected chi connectivity index (χ2v) is 6.83. The van der Waals surface area contributed by atoms with Gasteiger partial charge in [-0.2, -0.15) is 0 Å². The minimum atomic E-state index is -0.386. The van der Waals surface area contributed by atoms with Crippen LogP contribution >= 0.6 is 0 Å². The average Bonchev–Trinajstić information content (AvgIpc) is 3.21. The number of hydrogen-bond donors (Lipinski definition) is 1. The van der Waals surface area contributed by atoms with Gasteiger partial charge in [-0.15, -0.1) is 0 Å². The topological polar surface area (TPSA) is 80.8 Å². The average molecular weight is 403 g/mol. The fourth-order valence-electron chi connectivity index (χ4n) is 3.14. The van der Waals surface area contributed by atoms with E-state index >= 15 is 0 Å². The number of rotatable bonds is 6. The molecule has 7 nitrogen and oxygen atoms in total. The Morgan fingerprint density at radius 2 is 1.97 bits per heavy atom. The largest absolute Gasteiger partial charge is 0.470 e. The van der Waals surface area contributed by atoms with Crippen molar-refractivity contribution in [3.8, 4) is 5.88 Å². The summed E-state index contributed by atoms with van der Waals surface area (Å²) in [4.78, 5) is 30.1. The molecular formula is C23H21N3O4. The van der Waals surface area contributed by atoms with E-state index in [1.165, 1.54) is 11.1 Å². The third-order valence-corrected chi connectivity index (χ3v) is 4.74. The first-order chi connectivity index (χ1) is 14.6. The number of hydrogen-bond acceptors (Lipinski definition) is 5. The lowest BCUT2D eigenvalue weighted by Gasteiger charge is -2.15. The van der Waals surface area contributed by atoms with Crippen molar-refractivity contribution in [2.75, 3.05) is 23.4 Å². The van der Waals surface area contributed by atoms with Crippen LogP contribution in [0.1, 0.15) is 28.9 Å². The highest BCUT2D eigenvalue weighted by Gasteiger charge is 2.23. The number of nitrogens with zero attached hydrogens (tertiary/aromatic N) is 2. The monoisotopic (exact) mass is 403 g/mol. The number of carbonyl (C=O) groups excluding carboxylic acids is 2. The Labute approximate surface area is 174 Å². The number of nitrogens with one attached hydrogen (secondary N) is 1. The molecular weight excluding hydrogens is 382 g/mol. The van der Waals surface area contributed by atoms with Crippen molar-refractivity contribution in [1.29, 1.82) is 0 Å². The van der Waals surface area contributed by atoms with E-state index in [-0.39, 0.29) is 18.1 Å². The zero-order valence-corrected chi connectivity index (χ0v) is 16.4. The summed E-state index contributed by atoms with van der Waals surface area (Å²) < 4.78 is 10.8. The van der Waals surface area contributed by atoms with Crippen LogP contribution in [0.2, 0.25) is 0 Å². The molecule has 2 heterocycles. The van der Waals surface area contributed by atoms with Crippen LogP contribution in [0.5, 0.6) is 5.88 Å². The minimum Gasteiger partial charge on any atom is -0.470 e. The van der Waals surface area contributed by atoms with Gasteiger partial charge < -0.3 is 14.8 Å². The van der Waals surface area contributed by atoms with Crippen LogP contribution in [0.4, 0.5) is 16.2 Å². The third kappa shape index (κ3) is 4.41. The van der Waals surface area contributed by atoms with Crippen LogP contribution in [0, 0.1) is 0 Å².